The molecule has 23 heavy (non-hydrogen) atoms. The van der Waals surface area contributed by atoms with Crippen LogP contribution in [-0.2, 0) is 0 Å². The van der Waals surface area contributed by atoms with Gasteiger partial charge in [-0.05, 0) is 62.8 Å². The molecule has 2 saturated carbocycles. The molecule has 3 fully saturated rings. The molecule has 4 heteroatoms. The summed E-state index contributed by atoms with van der Waals surface area (Å²) in [5.74, 6) is 1.06. The van der Waals surface area contributed by atoms with E-state index in [2.05, 4.69) is 4.90 Å². The lowest BCUT2D eigenvalue weighted by Crippen LogP contribution is -2.49. The predicted octanol–water partition coefficient (Wildman–Crippen LogP) is 2.93. The Morgan fingerprint density at radius 3 is 2.17 bits per heavy atom. The molecule has 0 spiro atoms. The number of nitrogens with zero attached hydrogens (tertiary/aromatic N) is 2. The molecule has 0 unspecified atom stereocenters. The van der Waals surface area contributed by atoms with Gasteiger partial charge in [0, 0.05) is 37.8 Å². The van der Waals surface area contributed by atoms with Crippen LogP contribution in [0.15, 0.2) is 24.3 Å². The lowest BCUT2D eigenvalue weighted by molar-refractivity contribution is 0.0627. The second kappa shape index (κ2) is 6.52. The summed E-state index contributed by atoms with van der Waals surface area (Å²) < 4.78 is 5.97. The molecule has 4 nitrogen and oxygen atoms in total. The molecule has 0 bridgehead atoms. The Labute approximate surface area is 138 Å². The molecule has 1 aromatic carbocycles. The highest BCUT2D eigenvalue weighted by Crippen LogP contribution is 2.28. The minimum Gasteiger partial charge on any atom is -0.490 e. The molecule has 0 N–H and O–H groups in total. The van der Waals surface area contributed by atoms with Crippen LogP contribution in [0.1, 0.15) is 48.9 Å². The van der Waals surface area contributed by atoms with E-state index in [9.17, 15) is 4.79 Å². The lowest BCUT2D eigenvalue weighted by Gasteiger charge is -2.34. The summed E-state index contributed by atoms with van der Waals surface area (Å²) in [5, 5.41) is 0. The van der Waals surface area contributed by atoms with Gasteiger partial charge in [-0.15, -0.1) is 0 Å². The first kappa shape index (κ1) is 15.0. The molecular weight excluding hydrogens is 288 g/mol. The quantitative estimate of drug-likeness (QED) is 0.856. The number of carbonyl (C=O) groups excluding carboxylic acids is 1. The van der Waals surface area contributed by atoms with Crippen molar-refractivity contribution < 1.29 is 9.53 Å². The topological polar surface area (TPSA) is 32.8 Å². The molecule has 1 saturated heterocycles. The summed E-state index contributed by atoms with van der Waals surface area (Å²) in [5.41, 5.74) is 0.781. The van der Waals surface area contributed by atoms with E-state index in [0.717, 1.165) is 56.4 Å². The van der Waals surface area contributed by atoms with Crippen LogP contribution in [-0.4, -0.2) is 54.0 Å². The summed E-state index contributed by atoms with van der Waals surface area (Å²) >= 11 is 0. The van der Waals surface area contributed by atoms with Gasteiger partial charge >= 0.3 is 0 Å². The Morgan fingerprint density at radius 1 is 0.913 bits per heavy atom. The zero-order chi connectivity index (χ0) is 15.6. The Bertz CT molecular complexity index is 539. The summed E-state index contributed by atoms with van der Waals surface area (Å²) in [6.07, 6.45) is 7.92. The van der Waals surface area contributed by atoms with Gasteiger partial charge < -0.3 is 9.64 Å². The minimum atomic E-state index is 0.160. The largest absolute Gasteiger partial charge is 0.490 e. The van der Waals surface area contributed by atoms with E-state index < -0.39 is 0 Å². The highest BCUT2D eigenvalue weighted by Gasteiger charge is 2.32. The highest BCUT2D eigenvalue weighted by atomic mass is 16.5. The zero-order valence-electron chi connectivity index (χ0n) is 13.7. The molecule has 4 rings (SSSR count). The average Bonchev–Trinajstić information content (AvgIpc) is 3.33. The van der Waals surface area contributed by atoms with E-state index in [4.69, 9.17) is 4.74 Å². The second-order valence-electron chi connectivity index (χ2n) is 7.11. The van der Waals surface area contributed by atoms with Crippen molar-refractivity contribution in [1.82, 2.24) is 9.80 Å². The third-order valence-corrected chi connectivity index (χ3v) is 5.37. The summed E-state index contributed by atoms with van der Waals surface area (Å²) in [6.45, 7) is 3.77. The fourth-order valence-electron chi connectivity index (χ4n) is 3.79. The molecule has 3 aliphatic rings. The summed E-state index contributed by atoms with van der Waals surface area (Å²) in [4.78, 5) is 17.1. The van der Waals surface area contributed by atoms with E-state index in [1.165, 1.54) is 25.7 Å². The third kappa shape index (κ3) is 3.52. The van der Waals surface area contributed by atoms with Crippen molar-refractivity contribution in [2.24, 2.45) is 0 Å². The van der Waals surface area contributed by atoms with Gasteiger partial charge in [-0.3, -0.25) is 9.69 Å². The number of piperazine rings is 1. The van der Waals surface area contributed by atoms with E-state index in [0.29, 0.717) is 6.10 Å². The van der Waals surface area contributed by atoms with E-state index >= 15 is 0 Å². The standard InChI is InChI=1S/C19H26N2O2/c22-19(21-13-11-20(12-14-21)16-7-8-16)15-5-9-18(10-6-15)23-17-3-1-2-4-17/h5-6,9-10,16-17H,1-4,7-8,11-14H2. The number of benzene rings is 1. The first-order chi connectivity index (χ1) is 11.3. The number of rotatable bonds is 4. The van der Waals surface area contributed by atoms with Gasteiger partial charge in [-0.1, -0.05) is 0 Å². The van der Waals surface area contributed by atoms with Crippen molar-refractivity contribution in [1.29, 1.82) is 0 Å². The van der Waals surface area contributed by atoms with E-state index in [-0.39, 0.29) is 5.91 Å². The van der Waals surface area contributed by atoms with Gasteiger partial charge in [0.05, 0.1) is 6.10 Å². The van der Waals surface area contributed by atoms with E-state index in [1.807, 2.05) is 29.2 Å². The Balaban J connectivity index is 1.32. The van der Waals surface area contributed by atoms with Crippen LogP contribution in [0.2, 0.25) is 0 Å². The maximum atomic E-state index is 12.6. The molecule has 2 aliphatic carbocycles. The molecule has 1 heterocycles. The van der Waals surface area contributed by atoms with Crippen LogP contribution in [0.25, 0.3) is 0 Å². The highest BCUT2D eigenvalue weighted by molar-refractivity contribution is 5.94. The molecule has 1 aromatic rings. The Kier molecular flexibility index (Phi) is 4.25. The molecule has 0 aromatic heterocycles. The molecule has 0 radical (unpaired) electrons. The Morgan fingerprint density at radius 2 is 1.57 bits per heavy atom. The number of carbonyl (C=O) groups is 1. The maximum Gasteiger partial charge on any atom is 0.253 e. The molecular formula is C19H26N2O2. The number of hydrogen-bond donors (Lipinski definition) is 0. The van der Waals surface area contributed by atoms with Crippen LogP contribution in [0.5, 0.6) is 5.75 Å². The normalized spacial score (nSPS) is 23.2. The first-order valence-electron chi connectivity index (χ1n) is 9.10. The van der Waals surface area contributed by atoms with Crippen molar-refractivity contribution in [2.45, 2.75) is 50.7 Å². The fourth-order valence-corrected chi connectivity index (χ4v) is 3.79. The second-order valence-corrected chi connectivity index (χ2v) is 7.11. The molecule has 0 atom stereocenters. The van der Waals surface area contributed by atoms with Crippen LogP contribution in [0.3, 0.4) is 0 Å². The van der Waals surface area contributed by atoms with Crippen LogP contribution in [0.4, 0.5) is 0 Å². The third-order valence-electron chi connectivity index (χ3n) is 5.37. The van der Waals surface area contributed by atoms with Crippen LogP contribution in [0, 0.1) is 0 Å². The van der Waals surface area contributed by atoms with Crippen molar-refractivity contribution in [3.63, 3.8) is 0 Å². The summed E-state index contributed by atoms with van der Waals surface area (Å²) in [6, 6.07) is 8.54. The van der Waals surface area contributed by atoms with E-state index in [1.54, 1.807) is 0 Å². The zero-order valence-corrected chi connectivity index (χ0v) is 13.7. The smallest absolute Gasteiger partial charge is 0.253 e. The van der Waals surface area contributed by atoms with Crippen molar-refractivity contribution >= 4 is 5.91 Å². The van der Waals surface area contributed by atoms with Crippen LogP contribution < -0.4 is 4.74 Å². The molecule has 124 valence electrons. The van der Waals surface area contributed by atoms with Gasteiger partial charge in [-0.2, -0.15) is 0 Å². The van der Waals surface area contributed by atoms with Gasteiger partial charge in [0.15, 0.2) is 0 Å². The van der Waals surface area contributed by atoms with Crippen molar-refractivity contribution in [3.05, 3.63) is 29.8 Å². The molecule has 1 amide bonds. The van der Waals surface area contributed by atoms with Gasteiger partial charge in [-0.25, -0.2) is 0 Å². The average molecular weight is 314 g/mol. The van der Waals surface area contributed by atoms with Gasteiger partial charge in [0.25, 0.3) is 5.91 Å². The predicted molar refractivity (Wildman–Crippen MR) is 89.8 cm³/mol. The fraction of sp³-hybridized carbons (Fsp3) is 0.632. The summed E-state index contributed by atoms with van der Waals surface area (Å²) in [7, 11) is 0. The van der Waals surface area contributed by atoms with Gasteiger partial charge in [0.1, 0.15) is 5.75 Å². The van der Waals surface area contributed by atoms with Crippen molar-refractivity contribution in [2.75, 3.05) is 26.2 Å². The molecule has 1 aliphatic heterocycles. The van der Waals surface area contributed by atoms with Crippen molar-refractivity contribution in [3.8, 4) is 5.75 Å². The number of hydrogen-bond acceptors (Lipinski definition) is 3. The Hall–Kier alpha value is -1.55. The first-order valence-corrected chi connectivity index (χ1v) is 9.10. The lowest BCUT2D eigenvalue weighted by atomic mass is 10.1. The van der Waals surface area contributed by atoms with Crippen LogP contribution >= 0.6 is 0 Å². The van der Waals surface area contributed by atoms with Gasteiger partial charge in [0.2, 0.25) is 0 Å². The maximum absolute atomic E-state index is 12.6. The minimum absolute atomic E-state index is 0.160. The number of amides is 1. The SMILES string of the molecule is O=C(c1ccc(OC2CCCC2)cc1)N1CCN(C2CC2)CC1. The monoisotopic (exact) mass is 314 g/mol. The number of ether oxygens (including phenoxy) is 1.